The van der Waals surface area contributed by atoms with Crippen molar-refractivity contribution >= 4 is 17.5 Å². The first-order valence-electron chi connectivity index (χ1n) is 9.29. The van der Waals surface area contributed by atoms with Crippen LogP contribution in [0.25, 0.3) is 0 Å². The molecule has 1 unspecified atom stereocenters. The Morgan fingerprint density at radius 1 is 1.10 bits per heavy atom. The van der Waals surface area contributed by atoms with Crippen LogP contribution in [-0.2, 0) is 9.53 Å². The van der Waals surface area contributed by atoms with E-state index in [0.29, 0.717) is 37.4 Å². The van der Waals surface area contributed by atoms with E-state index in [4.69, 9.17) is 9.47 Å². The van der Waals surface area contributed by atoms with Crippen LogP contribution in [-0.4, -0.2) is 37.7 Å². The molecule has 1 atom stereocenters. The van der Waals surface area contributed by atoms with Crippen LogP contribution in [0.15, 0.2) is 42.5 Å². The largest absolute Gasteiger partial charge is 0.481 e. The Bertz CT molecular complexity index is 845. The van der Waals surface area contributed by atoms with Crippen LogP contribution in [0, 0.1) is 11.6 Å². The van der Waals surface area contributed by atoms with Gasteiger partial charge in [-0.2, -0.15) is 0 Å². The average molecular weight is 406 g/mol. The average Bonchev–Trinajstić information content (AvgIpc) is 2.70. The van der Waals surface area contributed by atoms with E-state index in [0.717, 1.165) is 12.1 Å². The number of nitrogens with one attached hydrogen (secondary N) is 2. The SMILES string of the molecule is CCOCCCNC(=O)c1cccc(NC(=O)C(C)Oc2ccc(F)c(F)c2)c1. The molecule has 2 amide bonds. The summed E-state index contributed by atoms with van der Waals surface area (Å²) in [5.41, 5.74) is 0.811. The number of hydrogen-bond acceptors (Lipinski definition) is 4. The number of amides is 2. The topological polar surface area (TPSA) is 76.7 Å². The van der Waals surface area contributed by atoms with Crippen molar-refractivity contribution in [1.29, 1.82) is 0 Å². The van der Waals surface area contributed by atoms with Crippen molar-refractivity contribution in [2.75, 3.05) is 25.1 Å². The fraction of sp³-hybridized carbons (Fsp3) is 0.333. The molecule has 0 aliphatic carbocycles. The Hall–Kier alpha value is -3.00. The first-order chi connectivity index (χ1) is 13.9. The highest BCUT2D eigenvalue weighted by atomic mass is 19.2. The molecule has 2 N–H and O–H groups in total. The zero-order valence-electron chi connectivity index (χ0n) is 16.3. The molecule has 0 aromatic heterocycles. The number of carbonyl (C=O) groups excluding carboxylic acids is 2. The summed E-state index contributed by atoms with van der Waals surface area (Å²) < 4.78 is 36.8. The molecule has 2 rings (SSSR count). The van der Waals surface area contributed by atoms with Crippen LogP contribution in [0.3, 0.4) is 0 Å². The molecule has 0 fully saturated rings. The molecule has 156 valence electrons. The fourth-order valence-electron chi connectivity index (χ4n) is 2.41. The number of anilines is 1. The van der Waals surface area contributed by atoms with Gasteiger partial charge in [0.05, 0.1) is 0 Å². The highest BCUT2D eigenvalue weighted by molar-refractivity contribution is 5.98. The lowest BCUT2D eigenvalue weighted by atomic mass is 10.2. The van der Waals surface area contributed by atoms with Crippen molar-refractivity contribution < 1.29 is 27.8 Å². The van der Waals surface area contributed by atoms with Gasteiger partial charge in [0.2, 0.25) is 0 Å². The van der Waals surface area contributed by atoms with E-state index in [1.54, 1.807) is 24.3 Å². The third kappa shape index (κ3) is 7.15. The van der Waals surface area contributed by atoms with Crippen LogP contribution in [0.2, 0.25) is 0 Å². The van der Waals surface area contributed by atoms with Crippen LogP contribution in [0.4, 0.5) is 14.5 Å². The Labute approximate surface area is 168 Å². The number of ether oxygens (including phenoxy) is 2. The summed E-state index contributed by atoms with van der Waals surface area (Å²) in [5.74, 6) is -2.78. The summed E-state index contributed by atoms with van der Waals surface area (Å²) in [6.07, 6.45) is -0.259. The molecule has 6 nitrogen and oxygen atoms in total. The van der Waals surface area contributed by atoms with Gasteiger partial charge in [-0.1, -0.05) is 6.07 Å². The predicted octanol–water partition coefficient (Wildman–Crippen LogP) is 3.53. The maximum atomic E-state index is 13.2. The Kier molecular flexibility index (Phi) is 8.54. The number of carbonyl (C=O) groups is 2. The first kappa shape index (κ1) is 22.3. The monoisotopic (exact) mass is 406 g/mol. The maximum Gasteiger partial charge on any atom is 0.265 e. The molecule has 8 heteroatoms. The van der Waals surface area contributed by atoms with E-state index in [1.165, 1.54) is 13.0 Å². The van der Waals surface area contributed by atoms with E-state index >= 15 is 0 Å². The molecule has 0 aliphatic rings. The quantitative estimate of drug-likeness (QED) is 0.592. The molecular formula is C21H24F2N2O4. The molecule has 2 aromatic carbocycles. The van der Waals surface area contributed by atoms with Gasteiger partial charge in [0.1, 0.15) is 5.75 Å². The summed E-state index contributed by atoms with van der Waals surface area (Å²) in [5, 5.41) is 5.42. The van der Waals surface area contributed by atoms with Crippen LogP contribution in [0.1, 0.15) is 30.6 Å². The van der Waals surface area contributed by atoms with Gasteiger partial charge in [-0.3, -0.25) is 9.59 Å². The van der Waals surface area contributed by atoms with Crippen LogP contribution >= 0.6 is 0 Å². The predicted molar refractivity (Wildman–Crippen MR) is 105 cm³/mol. The van der Waals surface area contributed by atoms with Crippen molar-refractivity contribution in [3.05, 3.63) is 59.7 Å². The fourth-order valence-corrected chi connectivity index (χ4v) is 2.41. The molecule has 29 heavy (non-hydrogen) atoms. The molecule has 0 heterocycles. The third-order valence-electron chi connectivity index (χ3n) is 3.92. The van der Waals surface area contributed by atoms with Gasteiger partial charge in [0.15, 0.2) is 17.7 Å². The minimum absolute atomic E-state index is 0.0340. The number of halogens is 2. The molecule has 0 radical (unpaired) electrons. The highest BCUT2D eigenvalue weighted by Crippen LogP contribution is 2.18. The molecular weight excluding hydrogens is 382 g/mol. The van der Waals surface area contributed by atoms with Crippen molar-refractivity contribution in [2.24, 2.45) is 0 Å². The van der Waals surface area contributed by atoms with Crippen molar-refractivity contribution in [3.8, 4) is 5.75 Å². The van der Waals surface area contributed by atoms with Gasteiger partial charge in [0.25, 0.3) is 11.8 Å². The molecule has 0 spiro atoms. The van der Waals surface area contributed by atoms with Crippen molar-refractivity contribution in [2.45, 2.75) is 26.4 Å². The summed E-state index contributed by atoms with van der Waals surface area (Å²) in [6.45, 7) is 5.07. The Morgan fingerprint density at radius 2 is 1.90 bits per heavy atom. The van der Waals surface area contributed by atoms with Gasteiger partial charge < -0.3 is 20.1 Å². The lowest BCUT2D eigenvalue weighted by Gasteiger charge is -2.15. The lowest BCUT2D eigenvalue weighted by molar-refractivity contribution is -0.122. The summed E-state index contributed by atoms with van der Waals surface area (Å²) in [6, 6.07) is 9.48. The van der Waals surface area contributed by atoms with E-state index in [2.05, 4.69) is 10.6 Å². The minimum atomic E-state index is -1.06. The third-order valence-corrected chi connectivity index (χ3v) is 3.92. The smallest absolute Gasteiger partial charge is 0.265 e. The van der Waals surface area contributed by atoms with E-state index < -0.39 is 23.6 Å². The number of hydrogen-bond donors (Lipinski definition) is 2. The number of rotatable bonds is 10. The van der Waals surface area contributed by atoms with E-state index in [9.17, 15) is 18.4 Å². The normalized spacial score (nSPS) is 11.6. The second-order valence-electron chi connectivity index (χ2n) is 6.21. The van der Waals surface area contributed by atoms with Crippen molar-refractivity contribution in [3.63, 3.8) is 0 Å². The molecule has 2 aromatic rings. The van der Waals surface area contributed by atoms with Gasteiger partial charge >= 0.3 is 0 Å². The van der Waals surface area contributed by atoms with E-state index in [-0.39, 0.29) is 11.7 Å². The van der Waals surface area contributed by atoms with Crippen LogP contribution in [0.5, 0.6) is 5.75 Å². The molecule has 0 aliphatic heterocycles. The lowest BCUT2D eigenvalue weighted by Crippen LogP contribution is -2.30. The Balaban J connectivity index is 1.90. The summed E-state index contributed by atoms with van der Waals surface area (Å²) in [4.78, 5) is 24.5. The zero-order valence-corrected chi connectivity index (χ0v) is 16.3. The van der Waals surface area contributed by atoms with Gasteiger partial charge in [-0.05, 0) is 50.6 Å². The Morgan fingerprint density at radius 3 is 2.62 bits per heavy atom. The molecule has 0 saturated carbocycles. The highest BCUT2D eigenvalue weighted by Gasteiger charge is 2.16. The summed E-state index contributed by atoms with van der Waals surface area (Å²) in [7, 11) is 0. The molecule has 0 bridgehead atoms. The maximum absolute atomic E-state index is 13.2. The standard InChI is InChI=1S/C21H24F2N2O4/c1-3-28-11-5-10-24-21(27)15-6-4-7-16(12-15)25-20(26)14(2)29-17-8-9-18(22)19(23)13-17/h4,6-9,12-14H,3,5,10-11H2,1-2H3,(H,24,27)(H,25,26). The summed E-state index contributed by atoms with van der Waals surface area (Å²) >= 11 is 0. The van der Waals surface area contributed by atoms with Crippen molar-refractivity contribution in [1.82, 2.24) is 5.32 Å². The number of benzene rings is 2. The first-order valence-corrected chi connectivity index (χ1v) is 9.29. The minimum Gasteiger partial charge on any atom is -0.481 e. The second-order valence-corrected chi connectivity index (χ2v) is 6.21. The second kappa shape index (κ2) is 11.1. The van der Waals surface area contributed by atoms with Crippen LogP contribution < -0.4 is 15.4 Å². The van der Waals surface area contributed by atoms with Gasteiger partial charge in [-0.15, -0.1) is 0 Å². The van der Waals surface area contributed by atoms with Gasteiger partial charge in [-0.25, -0.2) is 8.78 Å². The van der Waals surface area contributed by atoms with Gasteiger partial charge in [0, 0.05) is 37.1 Å². The van der Waals surface area contributed by atoms with E-state index in [1.807, 2.05) is 6.92 Å². The molecule has 0 saturated heterocycles. The zero-order chi connectivity index (χ0) is 21.2.